The zero-order valence-electron chi connectivity index (χ0n) is 12.9. The number of hydrogen-bond donors (Lipinski definition) is 1. The van der Waals surface area contributed by atoms with Crippen LogP contribution in [0, 0.1) is 6.92 Å². The summed E-state index contributed by atoms with van der Waals surface area (Å²) < 4.78 is 28.0. The van der Waals surface area contributed by atoms with Crippen LogP contribution in [0.2, 0.25) is 0 Å². The predicted octanol–water partition coefficient (Wildman–Crippen LogP) is 4.36. The van der Waals surface area contributed by atoms with Gasteiger partial charge in [0.05, 0.1) is 10.9 Å². The first-order valence-electron chi connectivity index (χ1n) is 7.38. The Labute approximate surface area is 146 Å². The lowest BCUT2D eigenvalue weighted by atomic mass is 10.0. The molecule has 0 amide bonds. The van der Waals surface area contributed by atoms with E-state index in [0.717, 1.165) is 16.5 Å². The van der Waals surface area contributed by atoms with Gasteiger partial charge in [0.25, 0.3) is 0 Å². The summed E-state index contributed by atoms with van der Waals surface area (Å²) in [7, 11) is -3.56. The summed E-state index contributed by atoms with van der Waals surface area (Å²) in [6, 6.07) is 16.2. The monoisotopic (exact) mass is 393 g/mol. The summed E-state index contributed by atoms with van der Waals surface area (Å²) in [5.41, 5.74) is 1.98. The van der Waals surface area contributed by atoms with E-state index in [1.165, 1.54) is 0 Å². The lowest BCUT2D eigenvalue weighted by Crippen LogP contribution is -2.28. The standard InChI is InChI=1S/C18H20BrNO2S/c1-15-10-12-17(13-11-15)23(21,22)20-18(9-5-6-14-19)16-7-3-2-4-8-16/h2-8,10-13,18,20H,9,14H2,1H3. The summed E-state index contributed by atoms with van der Waals surface area (Å²) in [6.45, 7) is 1.93. The third-order valence-electron chi connectivity index (χ3n) is 3.46. The summed E-state index contributed by atoms with van der Waals surface area (Å²) in [5, 5.41) is 0.749. The molecule has 0 aliphatic heterocycles. The van der Waals surface area contributed by atoms with Crippen LogP contribution in [-0.4, -0.2) is 13.7 Å². The van der Waals surface area contributed by atoms with Crippen LogP contribution in [0.5, 0.6) is 0 Å². The topological polar surface area (TPSA) is 46.2 Å². The summed E-state index contributed by atoms with van der Waals surface area (Å²) >= 11 is 3.34. The van der Waals surface area contributed by atoms with Gasteiger partial charge in [-0.15, -0.1) is 0 Å². The van der Waals surface area contributed by atoms with Gasteiger partial charge in [-0.25, -0.2) is 13.1 Å². The molecule has 0 saturated carbocycles. The van der Waals surface area contributed by atoms with E-state index in [1.54, 1.807) is 24.3 Å². The minimum absolute atomic E-state index is 0.286. The molecule has 0 fully saturated rings. The van der Waals surface area contributed by atoms with Gasteiger partial charge in [-0.3, -0.25) is 0 Å². The second-order valence-electron chi connectivity index (χ2n) is 5.26. The average Bonchev–Trinajstić information content (AvgIpc) is 2.55. The Morgan fingerprint density at radius 3 is 2.30 bits per heavy atom. The van der Waals surface area contributed by atoms with Gasteiger partial charge in [-0.2, -0.15) is 0 Å². The molecule has 0 aliphatic carbocycles. The summed E-state index contributed by atoms with van der Waals surface area (Å²) in [4.78, 5) is 0.286. The molecule has 0 bridgehead atoms. The quantitative estimate of drug-likeness (QED) is 0.561. The Hall–Kier alpha value is -1.43. The van der Waals surface area contributed by atoms with Crippen LogP contribution in [0.25, 0.3) is 0 Å². The molecule has 2 aromatic carbocycles. The van der Waals surface area contributed by atoms with Crippen LogP contribution in [0.1, 0.15) is 23.6 Å². The third-order valence-corrected chi connectivity index (χ3v) is 5.32. The van der Waals surface area contributed by atoms with Crippen LogP contribution in [-0.2, 0) is 10.0 Å². The minimum Gasteiger partial charge on any atom is -0.207 e. The normalized spacial score (nSPS) is 13.3. The maximum absolute atomic E-state index is 12.6. The number of nitrogens with one attached hydrogen (secondary N) is 1. The Kier molecular flexibility index (Phi) is 6.57. The lowest BCUT2D eigenvalue weighted by molar-refractivity contribution is 0.557. The van der Waals surface area contributed by atoms with Gasteiger partial charge >= 0.3 is 0 Å². The number of allylic oxidation sites excluding steroid dienone is 1. The SMILES string of the molecule is Cc1ccc(S(=O)(=O)NC(CC=CCBr)c2ccccc2)cc1. The van der Waals surface area contributed by atoms with E-state index < -0.39 is 10.0 Å². The summed E-state index contributed by atoms with van der Waals surface area (Å²) in [6.07, 6.45) is 4.54. The minimum atomic E-state index is -3.56. The van der Waals surface area contributed by atoms with Gasteiger partial charge in [0, 0.05) is 5.33 Å². The fraction of sp³-hybridized carbons (Fsp3) is 0.222. The number of alkyl halides is 1. The highest BCUT2D eigenvalue weighted by Crippen LogP contribution is 2.21. The number of halogens is 1. The maximum Gasteiger partial charge on any atom is 0.241 e. The van der Waals surface area contributed by atoms with Crippen molar-refractivity contribution in [1.82, 2.24) is 4.72 Å². The van der Waals surface area contributed by atoms with Crippen molar-refractivity contribution < 1.29 is 8.42 Å². The van der Waals surface area contributed by atoms with Gasteiger partial charge in [0.2, 0.25) is 10.0 Å². The number of sulfonamides is 1. The molecule has 2 rings (SSSR count). The fourth-order valence-electron chi connectivity index (χ4n) is 2.21. The Bertz CT molecular complexity index is 740. The molecule has 1 N–H and O–H groups in total. The van der Waals surface area contributed by atoms with Crippen LogP contribution in [0.15, 0.2) is 71.6 Å². The van der Waals surface area contributed by atoms with Crippen LogP contribution in [0.3, 0.4) is 0 Å². The highest BCUT2D eigenvalue weighted by Gasteiger charge is 2.20. The smallest absolute Gasteiger partial charge is 0.207 e. The van der Waals surface area contributed by atoms with E-state index in [0.29, 0.717) is 6.42 Å². The van der Waals surface area contributed by atoms with Crippen molar-refractivity contribution in [2.45, 2.75) is 24.3 Å². The first-order chi connectivity index (χ1) is 11.0. The predicted molar refractivity (Wildman–Crippen MR) is 98.2 cm³/mol. The highest BCUT2D eigenvalue weighted by atomic mass is 79.9. The van der Waals surface area contributed by atoms with E-state index in [9.17, 15) is 8.42 Å². The van der Waals surface area contributed by atoms with Crippen LogP contribution >= 0.6 is 15.9 Å². The molecule has 0 spiro atoms. The van der Waals surface area contributed by atoms with Crippen molar-refractivity contribution in [3.8, 4) is 0 Å². The van der Waals surface area contributed by atoms with Crippen molar-refractivity contribution in [2.24, 2.45) is 0 Å². The second-order valence-corrected chi connectivity index (χ2v) is 7.62. The molecule has 1 atom stereocenters. The Morgan fingerprint density at radius 1 is 1.04 bits per heavy atom. The lowest BCUT2D eigenvalue weighted by Gasteiger charge is -2.18. The van der Waals surface area contributed by atoms with Gasteiger partial charge in [-0.1, -0.05) is 76.1 Å². The molecule has 0 aromatic heterocycles. The second kappa shape index (κ2) is 8.43. The van der Waals surface area contributed by atoms with E-state index in [4.69, 9.17) is 0 Å². The third kappa shape index (κ3) is 5.30. The number of benzene rings is 2. The van der Waals surface area contributed by atoms with Gasteiger partial charge in [0.15, 0.2) is 0 Å². The van der Waals surface area contributed by atoms with Crippen molar-refractivity contribution in [3.63, 3.8) is 0 Å². The molecule has 0 heterocycles. The molecule has 3 nitrogen and oxygen atoms in total. The van der Waals surface area contributed by atoms with E-state index >= 15 is 0 Å². The molecule has 5 heteroatoms. The molecule has 0 saturated heterocycles. The molecule has 1 unspecified atom stereocenters. The average molecular weight is 394 g/mol. The molecule has 122 valence electrons. The fourth-order valence-corrected chi connectivity index (χ4v) is 3.71. The van der Waals surface area contributed by atoms with E-state index in [-0.39, 0.29) is 10.9 Å². The van der Waals surface area contributed by atoms with Gasteiger partial charge in [-0.05, 0) is 31.0 Å². The number of aryl methyl sites for hydroxylation is 1. The summed E-state index contributed by atoms with van der Waals surface area (Å²) in [5.74, 6) is 0. The largest absolute Gasteiger partial charge is 0.241 e. The van der Waals surface area contributed by atoms with Crippen LogP contribution in [0.4, 0.5) is 0 Å². The van der Waals surface area contributed by atoms with Gasteiger partial charge < -0.3 is 0 Å². The van der Waals surface area contributed by atoms with Crippen LogP contribution < -0.4 is 4.72 Å². The molecule has 0 radical (unpaired) electrons. The first-order valence-corrected chi connectivity index (χ1v) is 9.98. The number of hydrogen-bond acceptors (Lipinski definition) is 2. The number of rotatable bonds is 7. The zero-order chi connectivity index (χ0) is 16.7. The van der Waals surface area contributed by atoms with E-state index in [1.807, 2.05) is 49.4 Å². The first kappa shape index (κ1) is 17.9. The zero-order valence-corrected chi connectivity index (χ0v) is 15.3. The Morgan fingerprint density at radius 2 is 1.70 bits per heavy atom. The van der Waals surface area contributed by atoms with Crippen molar-refractivity contribution in [3.05, 3.63) is 77.9 Å². The van der Waals surface area contributed by atoms with Crippen molar-refractivity contribution >= 4 is 26.0 Å². The van der Waals surface area contributed by atoms with Crippen molar-refractivity contribution in [2.75, 3.05) is 5.33 Å². The van der Waals surface area contributed by atoms with Crippen molar-refractivity contribution in [1.29, 1.82) is 0 Å². The molecular weight excluding hydrogens is 374 g/mol. The van der Waals surface area contributed by atoms with E-state index in [2.05, 4.69) is 20.7 Å². The maximum atomic E-state index is 12.6. The Balaban J connectivity index is 2.25. The molecular formula is C18H20BrNO2S. The van der Waals surface area contributed by atoms with Gasteiger partial charge in [0.1, 0.15) is 0 Å². The highest BCUT2D eigenvalue weighted by molar-refractivity contribution is 9.09. The molecule has 23 heavy (non-hydrogen) atoms. The molecule has 2 aromatic rings. The molecule has 0 aliphatic rings.